The first kappa shape index (κ1) is 12.8. The number of amides is 1. The first-order valence-electron chi connectivity index (χ1n) is 6.46. The zero-order chi connectivity index (χ0) is 13.1. The van der Waals surface area contributed by atoms with E-state index in [1.54, 1.807) is 12.1 Å². The van der Waals surface area contributed by atoms with Gasteiger partial charge >= 0.3 is 0 Å². The summed E-state index contributed by atoms with van der Waals surface area (Å²) in [4.78, 5) is 12.0. The standard InChI is InChI=1S/C13H20N4O/c1-8-3-4-10(9(2)7-8)15-13(18)11-5-6-12(14)17-16-11/h5-6,8-10H,3-4,7H2,1-2H3,(H2,14,17)(H,15,18). The maximum Gasteiger partial charge on any atom is 0.272 e. The Kier molecular flexibility index (Phi) is 3.79. The molecule has 2 rings (SSSR count). The highest BCUT2D eigenvalue weighted by atomic mass is 16.2. The topological polar surface area (TPSA) is 80.9 Å². The van der Waals surface area contributed by atoms with Crippen LogP contribution >= 0.6 is 0 Å². The fraction of sp³-hybridized carbons (Fsp3) is 0.615. The SMILES string of the molecule is CC1CCC(NC(=O)c2ccc(N)nn2)C(C)C1. The maximum atomic E-state index is 12.0. The molecule has 0 radical (unpaired) electrons. The molecule has 1 fully saturated rings. The highest BCUT2D eigenvalue weighted by Gasteiger charge is 2.27. The number of carbonyl (C=O) groups excluding carboxylic acids is 1. The van der Waals surface area contributed by atoms with Crippen LogP contribution in [0.2, 0.25) is 0 Å². The van der Waals surface area contributed by atoms with Crippen molar-refractivity contribution in [3.05, 3.63) is 17.8 Å². The molecule has 5 heteroatoms. The van der Waals surface area contributed by atoms with Gasteiger partial charge in [0.15, 0.2) is 5.69 Å². The summed E-state index contributed by atoms with van der Waals surface area (Å²) in [7, 11) is 0. The van der Waals surface area contributed by atoms with Gasteiger partial charge in [-0.3, -0.25) is 4.79 Å². The third-order valence-electron chi connectivity index (χ3n) is 3.67. The molecular formula is C13H20N4O. The average Bonchev–Trinajstić information content (AvgIpc) is 2.33. The predicted octanol–water partition coefficient (Wildman–Crippen LogP) is 1.61. The smallest absolute Gasteiger partial charge is 0.272 e. The molecular weight excluding hydrogens is 228 g/mol. The third kappa shape index (κ3) is 2.97. The van der Waals surface area contributed by atoms with Crippen molar-refractivity contribution < 1.29 is 4.79 Å². The van der Waals surface area contributed by atoms with Crippen molar-refractivity contribution in [1.29, 1.82) is 0 Å². The van der Waals surface area contributed by atoms with Crippen LogP contribution in [0, 0.1) is 11.8 Å². The second-order valence-corrected chi connectivity index (χ2v) is 5.32. The van der Waals surface area contributed by atoms with Crippen LogP contribution in [0.25, 0.3) is 0 Å². The Morgan fingerprint density at radius 1 is 1.33 bits per heavy atom. The first-order chi connectivity index (χ1) is 8.56. The number of hydrogen-bond donors (Lipinski definition) is 2. The first-order valence-corrected chi connectivity index (χ1v) is 6.46. The zero-order valence-electron chi connectivity index (χ0n) is 10.9. The van der Waals surface area contributed by atoms with Gasteiger partial charge in [0.05, 0.1) is 0 Å². The van der Waals surface area contributed by atoms with Crippen molar-refractivity contribution in [2.24, 2.45) is 11.8 Å². The molecule has 1 aliphatic rings. The minimum absolute atomic E-state index is 0.158. The van der Waals surface area contributed by atoms with Gasteiger partial charge in [-0.15, -0.1) is 10.2 Å². The highest BCUT2D eigenvalue weighted by molar-refractivity contribution is 5.92. The molecule has 1 heterocycles. The summed E-state index contributed by atoms with van der Waals surface area (Å²) in [5, 5.41) is 10.5. The summed E-state index contributed by atoms with van der Waals surface area (Å²) >= 11 is 0. The van der Waals surface area contributed by atoms with Crippen LogP contribution in [0.1, 0.15) is 43.6 Å². The second kappa shape index (κ2) is 5.33. The van der Waals surface area contributed by atoms with E-state index in [0.717, 1.165) is 12.3 Å². The van der Waals surface area contributed by atoms with Crippen LogP contribution in [-0.2, 0) is 0 Å². The Morgan fingerprint density at radius 3 is 2.72 bits per heavy atom. The van der Waals surface area contributed by atoms with Gasteiger partial charge in [-0.05, 0) is 43.2 Å². The molecule has 3 N–H and O–H groups in total. The molecule has 1 saturated carbocycles. The zero-order valence-corrected chi connectivity index (χ0v) is 10.9. The molecule has 1 aliphatic carbocycles. The van der Waals surface area contributed by atoms with Crippen LogP contribution in [0.4, 0.5) is 5.82 Å². The Morgan fingerprint density at radius 2 is 2.11 bits per heavy atom. The molecule has 5 nitrogen and oxygen atoms in total. The van der Waals surface area contributed by atoms with E-state index in [1.165, 1.54) is 12.8 Å². The van der Waals surface area contributed by atoms with Crippen LogP contribution in [-0.4, -0.2) is 22.1 Å². The number of aromatic nitrogens is 2. The Bertz CT molecular complexity index is 418. The number of rotatable bonds is 2. The van der Waals surface area contributed by atoms with Gasteiger partial charge in [0.2, 0.25) is 0 Å². The fourth-order valence-corrected chi connectivity index (χ4v) is 2.59. The number of nitrogens with zero attached hydrogens (tertiary/aromatic N) is 2. The van der Waals surface area contributed by atoms with E-state index in [-0.39, 0.29) is 11.9 Å². The Balaban J connectivity index is 1.97. The monoisotopic (exact) mass is 248 g/mol. The van der Waals surface area contributed by atoms with Gasteiger partial charge in [-0.2, -0.15) is 0 Å². The summed E-state index contributed by atoms with van der Waals surface area (Å²) in [6, 6.07) is 3.44. The van der Waals surface area contributed by atoms with Crippen molar-refractivity contribution in [3.63, 3.8) is 0 Å². The van der Waals surface area contributed by atoms with Crippen molar-refractivity contribution in [1.82, 2.24) is 15.5 Å². The summed E-state index contributed by atoms with van der Waals surface area (Å²) in [5.41, 5.74) is 5.77. The molecule has 0 bridgehead atoms. The Hall–Kier alpha value is -1.65. The number of carbonyl (C=O) groups is 1. The molecule has 0 aliphatic heterocycles. The van der Waals surface area contributed by atoms with Gasteiger partial charge in [0, 0.05) is 6.04 Å². The second-order valence-electron chi connectivity index (χ2n) is 5.32. The van der Waals surface area contributed by atoms with Gasteiger partial charge in [0.1, 0.15) is 5.82 Å². The molecule has 3 atom stereocenters. The lowest BCUT2D eigenvalue weighted by molar-refractivity contribution is 0.0893. The third-order valence-corrected chi connectivity index (χ3v) is 3.67. The van der Waals surface area contributed by atoms with E-state index in [1.807, 2.05) is 0 Å². The maximum absolute atomic E-state index is 12.0. The molecule has 0 spiro atoms. The average molecular weight is 248 g/mol. The molecule has 98 valence electrons. The lowest BCUT2D eigenvalue weighted by Gasteiger charge is -2.32. The lowest BCUT2D eigenvalue weighted by Crippen LogP contribution is -2.42. The van der Waals surface area contributed by atoms with E-state index in [4.69, 9.17) is 5.73 Å². The van der Waals surface area contributed by atoms with E-state index < -0.39 is 0 Å². The summed E-state index contributed by atoms with van der Waals surface area (Å²) in [6.07, 6.45) is 3.37. The molecule has 1 aromatic rings. The van der Waals surface area contributed by atoms with Gasteiger partial charge in [0.25, 0.3) is 5.91 Å². The molecule has 3 unspecified atom stereocenters. The normalized spacial score (nSPS) is 27.8. The molecule has 1 amide bonds. The van der Waals surface area contributed by atoms with Crippen LogP contribution in [0.5, 0.6) is 0 Å². The van der Waals surface area contributed by atoms with Crippen molar-refractivity contribution in [2.75, 3.05) is 5.73 Å². The fourth-order valence-electron chi connectivity index (χ4n) is 2.59. The van der Waals surface area contributed by atoms with E-state index in [0.29, 0.717) is 17.4 Å². The number of nitrogen functional groups attached to an aromatic ring is 1. The highest BCUT2D eigenvalue weighted by Crippen LogP contribution is 2.28. The van der Waals surface area contributed by atoms with Crippen LogP contribution in [0.15, 0.2) is 12.1 Å². The summed E-state index contributed by atoms with van der Waals surface area (Å²) < 4.78 is 0. The van der Waals surface area contributed by atoms with Crippen molar-refractivity contribution >= 4 is 11.7 Å². The minimum Gasteiger partial charge on any atom is -0.382 e. The predicted molar refractivity (Wildman–Crippen MR) is 69.9 cm³/mol. The summed E-state index contributed by atoms with van der Waals surface area (Å²) in [6.45, 7) is 4.45. The lowest BCUT2D eigenvalue weighted by atomic mass is 9.80. The molecule has 0 saturated heterocycles. The number of hydrogen-bond acceptors (Lipinski definition) is 4. The molecule has 1 aromatic heterocycles. The summed E-state index contributed by atoms with van der Waals surface area (Å²) in [5.74, 6) is 1.43. The van der Waals surface area contributed by atoms with Crippen LogP contribution < -0.4 is 11.1 Å². The van der Waals surface area contributed by atoms with Crippen LogP contribution in [0.3, 0.4) is 0 Å². The van der Waals surface area contributed by atoms with E-state index in [9.17, 15) is 4.79 Å². The molecule has 18 heavy (non-hydrogen) atoms. The quantitative estimate of drug-likeness (QED) is 0.833. The van der Waals surface area contributed by atoms with Gasteiger partial charge < -0.3 is 11.1 Å². The number of nitrogens with two attached hydrogens (primary N) is 1. The Labute approximate surface area is 107 Å². The van der Waals surface area contributed by atoms with Gasteiger partial charge in [-0.25, -0.2) is 0 Å². The minimum atomic E-state index is -0.158. The van der Waals surface area contributed by atoms with E-state index >= 15 is 0 Å². The van der Waals surface area contributed by atoms with Gasteiger partial charge in [-0.1, -0.05) is 13.8 Å². The largest absolute Gasteiger partial charge is 0.382 e. The van der Waals surface area contributed by atoms with Crippen molar-refractivity contribution in [2.45, 2.75) is 39.2 Å². The van der Waals surface area contributed by atoms with E-state index in [2.05, 4.69) is 29.4 Å². The van der Waals surface area contributed by atoms with Crippen molar-refractivity contribution in [3.8, 4) is 0 Å². The number of anilines is 1. The number of nitrogens with one attached hydrogen (secondary N) is 1. The molecule has 0 aromatic carbocycles.